The summed E-state index contributed by atoms with van der Waals surface area (Å²) in [6, 6.07) is 4.21. The Hall–Kier alpha value is -0.250. The first-order chi connectivity index (χ1) is 6.70. The molecule has 76 valence electrons. The van der Waals surface area contributed by atoms with Crippen LogP contribution in [0.3, 0.4) is 0 Å². The van der Waals surface area contributed by atoms with Crippen molar-refractivity contribution < 1.29 is 4.74 Å². The van der Waals surface area contributed by atoms with Crippen LogP contribution in [0.1, 0.15) is 5.56 Å². The Morgan fingerprint density at radius 3 is 3.07 bits per heavy atom. The lowest BCUT2D eigenvalue weighted by Gasteiger charge is -2.25. The van der Waals surface area contributed by atoms with Crippen LogP contribution < -0.4 is 10.1 Å². The maximum Gasteiger partial charge on any atom is 0.136 e. The number of hydrogen-bond donors (Lipinski definition) is 1. The molecule has 1 aliphatic rings. The van der Waals surface area contributed by atoms with Crippen molar-refractivity contribution in [3.8, 4) is 5.75 Å². The second-order valence-corrected chi connectivity index (χ2v) is 4.67. The van der Waals surface area contributed by atoms with Gasteiger partial charge in [0.25, 0.3) is 0 Å². The summed E-state index contributed by atoms with van der Waals surface area (Å²) < 4.78 is 6.58. The minimum absolute atomic E-state index is 0.382. The van der Waals surface area contributed by atoms with Gasteiger partial charge in [-0.3, -0.25) is 0 Å². The molecule has 2 rings (SSSR count). The fourth-order valence-electron chi connectivity index (χ4n) is 1.62. The number of nitrogens with one attached hydrogen (secondary N) is 1. The van der Waals surface area contributed by atoms with Gasteiger partial charge in [0, 0.05) is 11.1 Å². The predicted molar refractivity (Wildman–Crippen MR) is 61.2 cm³/mol. The topological polar surface area (TPSA) is 21.3 Å². The molecule has 4 heteroatoms. The van der Waals surface area contributed by atoms with Gasteiger partial charge in [-0.2, -0.15) is 0 Å². The van der Waals surface area contributed by atoms with Crippen molar-refractivity contribution in [1.29, 1.82) is 0 Å². The number of ether oxygens (including phenoxy) is 1. The van der Waals surface area contributed by atoms with E-state index in [-0.39, 0.29) is 0 Å². The zero-order valence-electron chi connectivity index (χ0n) is 7.81. The normalized spacial score (nSPS) is 20.1. The van der Waals surface area contributed by atoms with Crippen LogP contribution in [0.5, 0.6) is 5.75 Å². The molecule has 1 heterocycles. The number of likely N-dealkylation sites (N-methyl/N-ethyl adjacent to an activating group) is 1. The molecule has 1 aromatic carbocycles. The van der Waals surface area contributed by atoms with Crippen molar-refractivity contribution in [2.45, 2.75) is 12.5 Å². The molecule has 0 bridgehead atoms. The lowest BCUT2D eigenvalue weighted by Crippen LogP contribution is -2.36. The molecule has 1 unspecified atom stereocenters. The Morgan fingerprint density at radius 2 is 2.36 bits per heavy atom. The van der Waals surface area contributed by atoms with E-state index in [4.69, 9.17) is 16.3 Å². The number of benzene rings is 1. The predicted octanol–water partition coefficient (Wildman–Crippen LogP) is 2.63. The molecule has 0 saturated carbocycles. The summed E-state index contributed by atoms with van der Waals surface area (Å²) in [7, 11) is 1.94. The molecule has 0 amide bonds. The Bertz CT molecular complexity index is 356. The summed E-state index contributed by atoms with van der Waals surface area (Å²) in [5.74, 6) is 0.931. The first-order valence-electron chi connectivity index (χ1n) is 4.48. The average Bonchev–Trinajstić information content (AvgIpc) is 2.16. The van der Waals surface area contributed by atoms with Gasteiger partial charge in [0.05, 0.1) is 4.47 Å². The highest BCUT2D eigenvalue weighted by Crippen LogP contribution is 2.35. The minimum Gasteiger partial charge on any atom is -0.490 e. The van der Waals surface area contributed by atoms with E-state index >= 15 is 0 Å². The SMILES string of the molecule is CNC1COc2c(Br)cc(Cl)cc2C1. The van der Waals surface area contributed by atoms with Gasteiger partial charge in [0.2, 0.25) is 0 Å². The number of halogens is 2. The summed E-state index contributed by atoms with van der Waals surface area (Å²) >= 11 is 9.41. The molecule has 0 spiro atoms. The molecule has 14 heavy (non-hydrogen) atoms. The first kappa shape index (κ1) is 10.3. The van der Waals surface area contributed by atoms with Crippen LogP contribution in [0.15, 0.2) is 16.6 Å². The summed E-state index contributed by atoms with van der Waals surface area (Å²) in [6.45, 7) is 0.712. The van der Waals surface area contributed by atoms with Gasteiger partial charge in [0.1, 0.15) is 12.4 Å². The van der Waals surface area contributed by atoms with E-state index in [0.717, 1.165) is 27.2 Å². The Labute approximate surface area is 96.7 Å². The second kappa shape index (κ2) is 4.09. The van der Waals surface area contributed by atoms with Gasteiger partial charge in [-0.05, 0) is 47.1 Å². The highest BCUT2D eigenvalue weighted by molar-refractivity contribution is 9.10. The molecule has 0 radical (unpaired) electrons. The number of fused-ring (bicyclic) bond motifs is 1. The second-order valence-electron chi connectivity index (χ2n) is 3.38. The smallest absolute Gasteiger partial charge is 0.136 e. The van der Waals surface area contributed by atoms with Crippen LogP contribution in [0.4, 0.5) is 0 Å². The van der Waals surface area contributed by atoms with E-state index in [1.54, 1.807) is 0 Å². The Morgan fingerprint density at radius 1 is 1.57 bits per heavy atom. The van der Waals surface area contributed by atoms with E-state index in [0.29, 0.717) is 12.6 Å². The van der Waals surface area contributed by atoms with E-state index in [9.17, 15) is 0 Å². The molecule has 1 aliphatic heterocycles. The largest absolute Gasteiger partial charge is 0.490 e. The van der Waals surface area contributed by atoms with Gasteiger partial charge in [0.15, 0.2) is 0 Å². The Kier molecular flexibility index (Phi) is 3.00. The van der Waals surface area contributed by atoms with Crippen LogP contribution in [-0.4, -0.2) is 19.7 Å². The fraction of sp³-hybridized carbons (Fsp3) is 0.400. The molecule has 1 aromatic rings. The highest BCUT2D eigenvalue weighted by atomic mass is 79.9. The molecule has 0 aliphatic carbocycles. The maximum atomic E-state index is 5.97. The first-order valence-corrected chi connectivity index (χ1v) is 5.66. The van der Waals surface area contributed by atoms with Crippen LogP contribution >= 0.6 is 27.5 Å². The highest BCUT2D eigenvalue weighted by Gasteiger charge is 2.20. The van der Waals surface area contributed by atoms with Crippen molar-refractivity contribution in [3.05, 3.63) is 27.2 Å². The quantitative estimate of drug-likeness (QED) is 0.851. The van der Waals surface area contributed by atoms with Gasteiger partial charge in [-0.15, -0.1) is 0 Å². The third-order valence-electron chi connectivity index (χ3n) is 2.39. The number of rotatable bonds is 1. The van der Waals surface area contributed by atoms with Crippen LogP contribution in [-0.2, 0) is 6.42 Å². The van der Waals surface area contributed by atoms with E-state index < -0.39 is 0 Å². The van der Waals surface area contributed by atoms with E-state index in [1.165, 1.54) is 0 Å². The zero-order chi connectivity index (χ0) is 10.1. The Balaban J connectivity index is 2.37. The van der Waals surface area contributed by atoms with E-state index in [1.807, 2.05) is 19.2 Å². The van der Waals surface area contributed by atoms with Crippen molar-refractivity contribution in [3.63, 3.8) is 0 Å². The molecular weight excluding hydrogens is 265 g/mol. The minimum atomic E-state index is 0.382. The molecule has 0 aromatic heterocycles. The number of hydrogen-bond acceptors (Lipinski definition) is 2. The molecule has 1 N–H and O–H groups in total. The summed E-state index contributed by atoms with van der Waals surface area (Å²) in [5, 5.41) is 3.95. The van der Waals surface area contributed by atoms with Gasteiger partial charge < -0.3 is 10.1 Å². The van der Waals surface area contributed by atoms with Crippen LogP contribution in [0, 0.1) is 0 Å². The molecule has 2 nitrogen and oxygen atoms in total. The van der Waals surface area contributed by atoms with Crippen molar-refractivity contribution in [1.82, 2.24) is 5.32 Å². The molecule has 0 saturated heterocycles. The van der Waals surface area contributed by atoms with Crippen molar-refractivity contribution in [2.24, 2.45) is 0 Å². The van der Waals surface area contributed by atoms with E-state index in [2.05, 4.69) is 21.2 Å². The van der Waals surface area contributed by atoms with Gasteiger partial charge >= 0.3 is 0 Å². The summed E-state index contributed by atoms with van der Waals surface area (Å²) in [6.07, 6.45) is 0.963. The lowest BCUT2D eigenvalue weighted by molar-refractivity contribution is 0.244. The van der Waals surface area contributed by atoms with Crippen molar-refractivity contribution in [2.75, 3.05) is 13.7 Å². The van der Waals surface area contributed by atoms with Gasteiger partial charge in [-0.1, -0.05) is 11.6 Å². The molecule has 0 fully saturated rings. The van der Waals surface area contributed by atoms with Crippen LogP contribution in [0.2, 0.25) is 5.02 Å². The summed E-state index contributed by atoms with van der Waals surface area (Å²) in [4.78, 5) is 0. The third-order valence-corrected chi connectivity index (χ3v) is 3.20. The van der Waals surface area contributed by atoms with Crippen molar-refractivity contribution >= 4 is 27.5 Å². The maximum absolute atomic E-state index is 5.97. The molecular formula is C10H11BrClNO. The third kappa shape index (κ3) is 1.90. The average molecular weight is 277 g/mol. The fourth-order valence-corrected chi connectivity index (χ4v) is 2.61. The monoisotopic (exact) mass is 275 g/mol. The van der Waals surface area contributed by atoms with Crippen LogP contribution in [0.25, 0.3) is 0 Å². The lowest BCUT2D eigenvalue weighted by atomic mass is 10.0. The van der Waals surface area contributed by atoms with Gasteiger partial charge in [-0.25, -0.2) is 0 Å². The summed E-state index contributed by atoms with van der Waals surface area (Å²) in [5.41, 5.74) is 1.16. The zero-order valence-corrected chi connectivity index (χ0v) is 10.2. The standard InChI is InChI=1S/C10H11BrClNO/c1-13-8-3-6-2-7(12)4-9(11)10(6)14-5-8/h2,4,8,13H,3,5H2,1H3. The molecule has 1 atom stereocenters.